The standard InChI is InChI=1S/C22H27ClN2O4S/c1-16-7-6-8-21(17(16)2)29-14-11-24-22(26)19-15-18(9-10-20(19)23)30(27,28)25-12-4-3-5-13-25/h6-10,15H,3-5,11-14H2,1-2H3,(H,24,26). The lowest BCUT2D eigenvalue weighted by Crippen LogP contribution is -2.35. The lowest BCUT2D eigenvalue weighted by Gasteiger charge is -2.26. The highest BCUT2D eigenvalue weighted by atomic mass is 35.5. The van der Waals surface area contributed by atoms with Crippen LogP contribution in [0.1, 0.15) is 40.7 Å². The Hall–Kier alpha value is -2.09. The Kier molecular flexibility index (Phi) is 7.39. The SMILES string of the molecule is Cc1cccc(OCCNC(=O)c2cc(S(=O)(=O)N3CCCCC3)ccc2Cl)c1C. The van der Waals surface area contributed by atoms with E-state index in [1.807, 2.05) is 32.0 Å². The van der Waals surface area contributed by atoms with E-state index in [4.69, 9.17) is 16.3 Å². The number of amides is 1. The number of benzene rings is 2. The molecule has 1 fully saturated rings. The maximum absolute atomic E-state index is 12.9. The van der Waals surface area contributed by atoms with Crippen LogP contribution in [-0.2, 0) is 10.0 Å². The molecule has 1 aliphatic heterocycles. The van der Waals surface area contributed by atoms with E-state index in [0.29, 0.717) is 19.7 Å². The summed E-state index contributed by atoms with van der Waals surface area (Å²) in [6, 6.07) is 10.1. The van der Waals surface area contributed by atoms with Gasteiger partial charge in [-0.15, -0.1) is 0 Å². The molecule has 1 saturated heterocycles. The summed E-state index contributed by atoms with van der Waals surface area (Å²) in [6.45, 7) is 5.56. The quantitative estimate of drug-likeness (QED) is 0.648. The second-order valence-electron chi connectivity index (χ2n) is 7.41. The second-order valence-corrected chi connectivity index (χ2v) is 9.75. The van der Waals surface area contributed by atoms with Gasteiger partial charge in [0.15, 0.2) is 0 Å². The number of carbonyl (C=O) groups is 1. The Morgan fingerprint density at radius 3 is 2.60 bits per heavy atom. The summed E-state index contributed by atoms with van der Waals surface area (Å²) in [5.41, 5.74) is 2.33. The molecule has 0 spiro atoms. The molecule has 1 heterocycles. The number of piperidine rings is 1. The Labute approximate surface area is 183 Å². The normalized spacial score (nSPS) is 15.0. The van der Waals surface area contributed by atoms with Gasteiger partial charge in [-0.1, -0.05) is 30.2 Å². The lowest BCUT2D eigenvalue weighted by molar-refractivity contribution is 0.0947. The molecule has 2 aromatic carbocycles. The Balaban J connectivity index is 1.64. The summed E-state index contributed by atoms with van der Waals surface area (Å²) in [4.78, 5) is 12.7. The van der Waals surface area contributed by atoms with Gasteiger partial charge in [0.05, 0.1) is 22.0 Å². The third-order valence-corrected chi connectivity index (χ3v) is 7.56. The van der Waals surface area contributed by atoms with Crippen LogP contribution in [0.25, 0.3) is 0 Å². The van der Waals surface area contributed by atoms with Gasteiger partial charge in [-0.2, -0.15) is 4.31 Å². The third kappa shape index (κ3) is 5.14. The van der Waals surface area contributed by atoms with Crippen LogP contribution >= 0.6 is 11.6 Å². The van der Waals surface area contributed by atoms with Crippen molar-refractivity contribution in [2.45, 2.75) is 38.0 Å². The number of nitrogens with zero attached hydrogens (tertiary/aromatic N) is 1. The summed E-state index contributed by atoms with van der Waals surface area (Å²) in [6.07, 6.45) is 2.73. The topological polar surface area (TPSA) is 75.7 Å². The van der Waals surface area contributed by atoms with Crippen molar-refractivity contribution in [3.05, 3.63) is 58.1 Å². The largest absolute Gasteiger partial charge is 0.491 e. The fraction of sp³-hybridized carbons (Fsp3) is 0.409. The van der Waals surface area contributed by atoms with E-state index in [1.165, 1.54) is 22.5 Å². The van der Waals surface area contributed by atoms with E-state index in [-0.39, 0.29) is 22.0 Å². The van der Waals surface area contributed by atoms with Crippen LogP contribution in [0, 0.1) is 13.8 Å². The van der Waals surface area contributed by atoms with E-state index in [1.54, 1.807) is 0 Å². The number of rotatable bonds is 7. The average Bonchev–Trinajstić information content (AvgIpc) is 2.74. The molecular formula is C22H27ClN2O4S. The molecule has 0 atom stereocenters. The first-order valence-corrected chi connectivity index (χ1v) is 11.9. The van der Waals surface area contributed by atoms with Crippen LogP contribution in [0.3, 0.4) is 0 Å². The molecule has 0 radical (unpaired) electrons. The van der Waals surface area contributed by atoms with Crippen LogP contribution in [0.15, 0.2) is 41.3 Å². The Bertz CT molecular complexity index is 1020. The van der Waals surface area contributed by atoms with Gasteiger partial charge < -0.3 is 10.1 Å². The van der Waals surface area contributed by atoms with Gasteiger partial charge in [-0.3, -0.25) is 4.79 Å². The van der Waals surface area contributed by atoms with E-state index in [2.05, 4.69) is 5.32 Å². The molecule has 162 valence electrons. The van der Waals surface area contributed by atoms with E-state index in [9.17, 15) is 13.2 Å². The van der Waals surface area contributed by atoms with Crippen LogP contribution < -0.4 is 10.1 Å². The molecule has 0 saturated carbocycles. The maximum Gasteiger partial charge on any atom is 0.252 e. The predicted octanol–water partition coefficient (Wildman–Crippen LogP) is 3.94. The minimum Gasteiger partial charge on any atom is -0.491 e. The van der Waals surface area contributed by atoms with E-state index >= 15 is 0 Å². The first-order valence-electron chi connectivity index (χ1n) is 10.1. The van der Waals surface area contributed by atoms with Gasteiger partial charge >= 0.3 is 0 Å². The van der Waals surface area contributed by atoms with Crippen molar-refractivity contribution < 1.29 is 17.9 Å². The number of halogens is 1. The molecule has 8 heteroatoms. The zero-order valence-corrected chi connectivity index (χ0v) is 18.9. The molecule has 0 unspecified atom stereocenters. The molecule has 0 aliphatic carbocycles. The highest BCUT2D eigenvalue weighted by molar-refractivity contribution is 7.89. The van der Waals surface area contributed by atoms with Gasteiger partial charge in [0.2, 0.25) is 10.0 Å². The average molecular weight is 451 g/mol. The maximum atomic E-state index is 12.9. The molecule has 2 aromatic rings. The molecule has 30 heavy (non-hydrogen) atoms. The van der Waals surface area contributed by atoms with Gasteiger partial charge in [0.1, 0.15) is 12.4 Å². The van der Waals surface area contributed by atoms with Crippen molar-refractivity contribution in [3.8, 4) is 5.75 Å². The van der Waals surface area contributed by atoms with Crippen molar-refractivity contribution in [1.82, 2.24) is 9.62 Å². The Morgan fingerprint density at radius 1 is 1.13 bits per heavy atom. The van der Waals surface area contributed by atoms with Crippen molar-refractivity contribution in [2.75, 3.05) is 26.2 Å². The van der Waals surface area contributed by atoms with Crippen LogP contribution in [0.2, 0.25) is 5.02 Å². The second kappa shape index (κ2) is 9.81. The molecular weight excluding hydrogens is 424 g/mol. The molecule has 1 aliphatic rings. The van der Waals surface area contributed by atoms with Crippen LogP contribution in [0.5, 0.6) is 5.75 Å². The highest BCUT2D eigenvalue weighted by Crippen LogP contribution is 2.25. The fourth-order valence-corrected chi connectivity index (χ4v) is 5.14. The molecule has 3 rings (SSSR count). The lowest BCUT2D eigenvalue weighted by atomic mass is 10.1. The predicted molar refractivity (Wildman–Crippen MR) is 118 cm³/mol. The van der Waals surface area contributed by atoms with Crippen molar-refractivity contribution in [1.29, 1.82) is 0 Å². The van der Waals surface area contributed by atoms with Gasteiger partial charge in [-0.25, -0.2) is 8.42 Å². The third-order valence-electron chi connectivity index (χ3n) is 5.34. The zero-order chi connectivity index (χ0) is 21.7. The van der Waals surface area contributed by atoms with Crippen molar-refractivity contribution >= 4 is 27.5 Å². The number of nitrogens with one attached hydrogen (secondary N) is 1. The molecule has 6 nitrogen and oxygen atoms in total. The van der Waals surface area contributed by atoms with Gasteiger partial charge in [-0.05, 0) is 62.1 Å². The smallest absolute Gasteiger partial charge is 0.252 e. The number of carbonyl (C=O) groups excluding carboxylic acids is 1. The number of hydrogen-bond acceptors (Lipinski definition) is 4. The van der Waals surface area contributed by atoms with E-state index in [0.717, 1.165) is 36.1 Å². The number of ether oxygens (including phenoxy) is 1. The van der Waals surface area contributed by atoms with Crippen LogP contribution in [0.4, 0.5) is 0 Å². The minimum atomic E-state index is -3.63. The first kappa shape index (κ1) is 22.6. The molecule has 1 N–H and O–H groups in total. The summed E-state index contributed by atoms with van der Waals surface area (Å²) in [5.74, 6) is 0.345. The molecule has 1 amide bonds. The molecule has 0 bridgehead atoms. The number of sulfonamides is 1. The minimum absolute atomic E-state index is 0.0885. The zero-order valence-electron chi connectivity index (χ0n) is 17.3. The van der Waals surface area contributed by atoms with Crippen molar-refractivity contribution in [2.24, 2.45) is 0 Å². The van der Waals surface area contributed by atoms with E-state index < -0.39 is 15.9 Å². The Morgan fingerprint density at radius 2 is 1.87 bits per heavy atom. The summed E-state index contributed by atoms with van der Waals surface area (Å²) < 4.78 is 33.0. The monoisotopic (exact) mass is 450 g/mol. The summed E-state index contributed by atoms with van der Waals surface area (Å²) in [7, 11) is -3.63. The summed E-state index contributed by atoms with van der Waals surface area (Å²) in [5, 5.41) is 2.95. The number of hydrogen-bond donors (Lipinski definition) is 1. The van der Waals surface area contributed by atoms with Crippen LogP contribution in [-0.4, -0.2) is 44.9 Å². The molecule has 0 aromatic heterocycles. The van der Waals surface area contributed by atoms with Gasteiger partial charge in [0, 0.05) is 13.1 Å². The van der Waals surface area contributed by atoms with Crippen molar-refractivity contribution in [3.63, 3.8) is 0 Å². The first-order chi connectivity index (χ1) is 14.3. The van der Waals surface area contributed by atoms with Gasteiger partial charge in [0.25, 0.3) is 5.91 Å². The fourth-order valence-electron chi connectivity index (χ4n) is 3.39. The number of aryl methyl sites for hydroxylation is 1. The highest BCUT2D eigenvalue weighted by Gasteiger charge is 2.27. The summed E-state index contributed by atoms with van der Waals surface area (Å²) >= 11 is 6.17.